The molecule has 1 nitrogen and oxygen atoms in total. The van der Waals surface area contributed by atoms with Crippen LogP contribution in [0.4, 0.5) is 0 Å². The van der Waals surface area contributed by atoms with E-state index in [1.54, 1.807) is 0 Å². The van der Waals surface area contributed by atoms with Gasteiger partial charge in [-0.1, -0.05) is 54.3 Å². The smallest absolute Gasteiger partial charge is 0.161 e. The molecule has 0 spiro atoms. The van der Waals surface area contributed by atoms with Gasteiger partial charge in [0, 0.05) is 38.8 Å². The van der Waals surface area contributed by atoms with Gasteiger partial charge in [-0.25, -0.2) is 4.57 Å². The Balaban J connectivity index is 0.00000205. The number of hydrogen-bond donors (Lipinski definition) is 0. The number of aryl methyl sites for hydroxylation is 2. The number of aromatic nitrogens is 1. The van der Waals surface area contributed by atoms with Crippen LogP contribution < -0.4 is 4.57 Å². The maximum absolute atomic E-state index is 3.64. The number of nitrogens with zero attached hydrogens (tertiary/aromatic N) is 1. The number of benzene rings is 4. The van der Waals surface area contributed by atoms with E-state index in [2.05, 4.69) is 110 Å². The average Bonchev–Trinajstić information content (AvgIpc) is 2.74. The third kappa shape index (κ3) is 3.66. The molecule has 5 aromatic rings. The monoisotopic (exact) mass is 447 g/mol. The summed E-state index contributed by atoms with van der Waals surface area (Å²) in [5.74, 6) is 0. The molecule has 0 aliphatic heterocycles. The molecule has 0 aliphatic rings. The first kappa shape index (κ1) is 19.9. The first-order chi connectivity index (χ1) is 13.7. The Morgan fingerprint density at radius 3 is 2.31 bits per heavy atom. The largest absolute Gasteiger partial charge is 0.234 e. The van der Waals surface area contributed by atoms with Crippen molar-refractivity contribution in [2.45, 2.75) is 6.92 Å². The Bertz CT molecular complexity index is 1340. The van der Waals surface area contributed by atoms with Crippen LogP contribution in [-0.4, -0.2) is 0 Å². The van der Waals surface area contributed by atoms with Gasteiger partial charge in [-0.05, 0) is 16.8 Å². The van der Waals surface area contributed by atoms with Crippen molar-refractivity contribution in [2.75, 3.05) is 0 Å². The molecule has 0 saturated carbocycles. The summed E-state index contributed by atoms with van der Waals surface area (Å²) in [6.45, 7) is 2.14. The molecule has 0 saturated heterocycles. The minimum absolute atomic E-state index is 0. The van der Waals surface area contributed by atoms with Gasteiger partial charge >= 0.3 is 0 Å². The molecule has 0 bridgehead atoms. The quantitative estimate of drug-likeness (QED) is 0.176. The van der Waals surface area contributed by atoms with Crippen LogP contribution in [0.15, 0.2) is 85.1 Å². The summed E-state index contributed by atoms with van der Waals surface area (Å²) >= 11 is 0. The van der Waals surface area contributed by atoms with Crippen LogP contribution in [0.5, 0.6) is 0 Å². The Morgan fingerprint density at radius 1 is 0.690 bits per heavy atom. The number of hydrogen-bond acceptors (Lipinski definition) is 0. The van der Waals surface area contributed by atoms with Crippen LogP contribution in [0, 0.1) is 19.1 Å². The summed E-state index contributed by atoms with van der Waals surface area (Å²) in [5.41, 5.74) is 5.65. The molecular formula is C27H20NY-. The summed E-state index contributed by atoms with van der Waals surface area (Å²) in [4.78, 5) is 0. The average molecular weight is 447 g/mol. The Hall–Kier alpha value is -2.35. The Labute approximate surface area is 196 Å². The summed E-state index contributed by atoms with van der Waals surface area (Å²) in [7, 11) is 2.07. The van der Waals surface area contributed by atoms with Crippen molar-refractivity contribution in [3.63, 3.8) is 0 Å². The summed E-state index contributed by atoms with van der Waals surface area (Å²) in [6.07, 6.45) is 2.07. The predicted octanol–water partition coefficient (Wildman–Crippen LogP) is 6.06. The molecule has 0 amide bonds. The van der Waals surface area contributed by atoms with Crippen molar-refractivity contribution in [1.82, 2.24) is 0 Å². The zero-order valence-corrected chi connectivity index (χ0v) is 19.4. The van der Waals surface area contributed by atoms with Gasteiger partial charge in [0.05, 0.1) is 0 Å². The van der Waals surface area contributed by atoms with Crippen molar-refractivity contribution < 1.29 is 37.3 Å². The molecule has 1 heterocycles. The Morgan fingerprint density at radius 2 is 1.45 bits per heavy atom. The van der Waals surface area contributed by atoms with Crippen molar-refractivity contribution in [3.8, 4) is 22.4 Å². The summed E-state index contributed by atoms with van der Waals surface area (Å²) in [6, 6.07) is 35.0. The van der Waals surface area contributed by atoms with Gasteiger partial charge in [0.25, 0.3) is 0 Å². The fourth-order valence-electron chi connectivity index (χ4n) is 3.87. The fraction of sp³-hybridized carbons (Fsp3) is 0.0741. The van der Waals surface area contributed by atoms with Crippen LogP contribution in [-0.2, 0) is 39.8 Å². The second kappa shape index (κ2) is 8.18. The van der Waals surface area contributed by atoms with Gasteiger partial charge in [-0.2, -0.15) is 35.4 Å². The molecule has 0 aliphatic carbocycles. The molecular weight excluding hydrogens is 427 g/mol. The molecule has 29 heavy (non-hydrogen) atoms. The molecule has 0 atom stereocenters. The van der Waals surface area contributed by atoms with Gasteiger partial charge in [-0.15, -0.1) is 29.1 Å². The molecule has 0 fully saturated rings. The summed E-state index contributed by atoms with van der Waals surface area (Å²) in [5, 5.41) is 4.91. The maximum Gasteiger partial charge on any atom is 0.161 e. The van der Waals surface area contributed by atoms with E-state index in [0.717, 1.165) is 27.8 Å². The van der Waals surface area contributed by atoms with Gasteiger partial charge in [0.15, 0.2) is 6.20 Å². The minimum atomic E-state index is 0. The predicted molar refractivity (Wildman–Crippen MR) is 116 cm³/mol. The van der Waals surface area contributed by atoms with Crippen LogP contribution >= 0.6 is 0 Å². The SMILES string of the molecule is Cc1ccc(-c2[c-]c3ccc4ccccc4c3cc2)[c-]c1-c1cccc[n+]1C.[Y]. The van der Waals surface area contributed by atoms with E-state index in [0.29, 0.717) is 0 Å². The molecule has 137 valence electrons. The van der Waals surface area contributed by atoms with Crippen molar-refractivity contribution >= 4 is 21.5 Å². The van der Waals surface area contributed by atoms with Gasteiger partial charge in [0.1, 0.15) is 12.7 Å². The van der Waals surface area contributed by atoms with Gasteiger partial charge in [-0.3, -0.25) is 0 Å². The second-order valence-electron chi connectivity index (χ2n) is 7.25. The molecule has 0 N–H and O–H groups in total. The third-order valence-electron chi connectivity index (χ3n) is 5.41. The van der Waals surface area contributed by atoms with E-state index >= 15 is 0 Å². The van der Waals surface area contributed by atoms with E-state index in [4.69, 9.17) is 0 Å². The Kier molecular flexibility index (Phi) is 5.63. The van der Waals surface area contributed by atoms with Crippen molar-refractivity contribution in [3.05, 3.63) is 103 Å². The molecule has 1 aromatic heterocycles. The van der Waals surface area contributed by atoms with E-state index in [9.17, 15) is 0 Å². The molecule has 0 unspecified atom stereocenters. The number of rotatable bonds is 2. The van der Waals surface area contributed by atoms with Crippen LogP contribution in [0.3, 0.4) is 0 Å². The fourth-order valence-corrected chi connectivity index (χ4v) is 3.87. The van der Waals surface area contributed by atoms with Crippen LogP contribution in [0.2, 0.25) is 0 Å². The summed E-state index contributed by atoms with van der Waals surface area (Å²) < 4.78 is 2.14. The minimum Gasteiger partial charge on any atom is -0.234 e. The zero-order chi connectivity index (χ0) is 19.1. The van der Waals surface area contributed by atoms with E-state index in [1.165, 1.54) is 21.7 Å². The van der Waals surface area contributed by atoms with Crippen molar-refractivity contribution in [2.24, 2.45) is 7.05 Å². The van der Waals surface area contributed by atoms with Crippen LogP contribution in [0.1, 0.15) is 5.56 Å². The molecule has 4 aromatic carbocycles. The molecule has 1 radical (unpaired) electrons. The third-order valence-corrected chi connectivity index (χ3v) is 5.41. The number of pyridine rings is 1. The molecule has 2 heteroatoms. The van der Waals surface area contributed by atoms with E-state index < -0.39 is 0 Å². The first-order valence-electron chi connectivity index (χ1n) is 9.53. The maximum atomic E-state index is 3.64. The first-order valence-corrected chi connectivity index (χ1v) is 9.53. The standard InChI is InChI=1S/C27H20N.Y/c1-19-10-11-22(18-26(19)27-9-5-6-16-28(27)2)21-14-15-25-23(17-21)13-12-20-7-3-4-8-24(20)25;/h3-16H,1-2H3;/q-1;. The second-order valence-corrected chi connectivity index (χ2v) is 7.25. The van der Waals surface area contributed by atoms with Crippen molar-refractivity contribution in [1.29, 1.82) is 0 Å². The van der Waals surface area contributed by atoms with E-state index in [-0.39, 0.29) is 32.7 Å². The topological polar surface area (TPSA) is 3.88 Å². The normalized spacial score (nSPS) is 10.8. The zero-order valence-electron chi connectivity index (χ0n) is 16.6. The van der Waals surface area contributed by atoms with Gasteiger partial charge < -0.3 is 0 Å². The van der Waals surface area contributed by atoms with Gasteiger partial charge in [0.2, 0.25) is 0 Å². The van der Waals surface area contributed by atoms with Crippen LogP contribution in [0.25, 0.3) is 43.9 Å². The number of fused-ring (bicyclic) bond motifs is 3. The van der Waals surface area contributed by atoms with E-state index in [1.807, 2.05) is 6.07 Å². The molecule has 5 rings (SSSR count).